The number of unbranched alkanes of at least 4 members (excludes halogenated alkanes) is 3. The molecule has 184 valence electrons. The first-order valence-electron chi connectivity index (χ1n) is 13.7. The number of rotatable bonds is 13. The molecule has 34 heavy (non-hydrogen) atoms. The second-order valence-electron chi connectivity index (χ2n) is 10.6. The van der Waals surface area contributed by atoms with E-state index in [-0.39, 0.29) is 18.2 Å². The van der Waals surface area contributed by atoms with Gasteiger partial charge in [0, 0.05) is 0 Å². The molecule has 0 unspecified atom stereocenters. The molecule has 0 N–H and O–H groups in total. The van der Waals surface area contributed by atoms with Crippen molar-refractivity contribution in [3.8, 4) is 0 Å². The predicted octanol–water partition coefficient (Wildman–Crippen LogP) is 8.91. The van der Waals surface area contributed by atoms with Crippen molar-refractivity contribution < 1.29 is 9.53 Å². The maximum absolute atomic E-state index is 13.5. The van der Waals surface area contributed by atoms with Gasteiger partial charge in [0.25, 0.3) is 0 Å². The Bertz CT molecular complexity index is 881. The fourth-order valence-corrected chi connectivity index (χ4v) is 25.7. The average molecular weight is 568 g/mol. The molecule has 0 bridgehead atoms. The van der Waals surface area contributed by atoms with Gasteiger partial charge in [0.2, 0.25) is 0 Å². The van der Waals surface area contributed by atoms with E-state index < -0.39 is 18.4 Å². The molecule has 4 heteroatoms. The van der Waals surface area contributed by atoms with Crippen LogP contribution in [0.25, 0.3) is 0 Å². The maximum atomic E-state index is 13.5. The van der Waals surface area contributed by atoms with Gasteiger partial charge in [-0.05, 0) is 0 Å². The number of ether oxygens (including phenoxy) is 1. The standard InChI is InChI=1S/C18H16NO2.3C4H9.Sn/c20-18-19(15-11-12-15)16(13-7-3-1-4-8-13)17(21-18)14-9-5-2-6-10-14;3*1-3-4-2;/h1-11,15-17H,12H2;3*1,3-4H2,2H3;/t15-,16+,17-;;;;/m1..../s1. The van der Waals surface area contributed by atoms with Crippen molar-refractivity contribution in [2.24, 2.45) is 0 Å². The van der Waals surface area contributed by atoms with Gasteiger partial charge in [-0.2, -0.15) is 0 Å². The summed E-state index contributed by atoms with van der Waals surface area (Å²) in [5.41, 5.74) is 2.30. The van der Waals surface area contributed by atoms with Gasteiger partial charge in [0.1, 0.15) is 0 Å². The van der Waals surface area contributed by atoms with Crippen LogP contribution in [0.15, 0.2) is 60.7 Å². The molecule has 0 radical (unpaired) electrons. The normalized spacial score (nSPS) is 24.3. The summed E-state index contributed by atoms with van der Waals surface area (Å²) in [6, 6.07) is 21.3. The molecule has 0 spiro atoms. The molecule has 1 aliphatic heterocycles. The van der Waals surface area contributed by atoms with E-state index in [1.807, 2.05) is 6.07 Å². The molecule has 1 aliphatic carbocycles. The zero-order chi connectivity index (χ0) is 24.0. The Hall–Kier alpha value is -1.49. The van der Waals surface area contributed by atoms with Crippen LogP contribution in [-0.4, -0.2) is 35.4 Å². The van der Waals surface area contributed by atoms with Crippen LogP contribution in [-0.2, 0) is 4.74 Å². The van der Waals surface area contributed by atoms with E-state index in [1.54, 1.807) is 0 Å². The molecule has 1 saturated carbocycles. The van der Waals surface area contributed by atoms with Crippen molar-refractivity contribution in [2.45, 2.75) is 101 Å². The van der Waals surface area contributed by atoms with Gasteiger partial charge in [-0.1, -0.05) is 0 Å². The van der Waals surface area contributed by atoms with Crippen LogP contribution in [0.2, 0.25) is 17.2 Å². The third kappa shape index (κ3) is 5.50. The molecule has 1 heterocycles. The Balaban J connectivity index is 1.65. The van der Waals surface area contributed by atoms with E-state index in [1.165, 1.54) is 63.8 Å². The monoisotopic (exact) mass is 569 g/mol. The van der Waals surface area contributed by atoms with E-state index >= 15 is 0 Å². The number of hydrogen-bond donors (Lipinski definition) is 0. The number of carbonyl (C=O) groups excluding carboxylic acids is 1. The summed E-state index contributed by atoms with van der Waals surface area (Å²) in [5.74, 6) is 0. The van der Waals surface area contributed by atoms with Crippen molar-refractivity contribution in [3.63, 3.8) is 0 Å². The van der Waals surface area contributed by atoms with Gasteiger partial charge in [0.15, 0.2) is 0 Å². The molecule has 2 aromatic carbocycles. The number of carbonyl (C=O) groups is 1. The average Bonchev–Trinajstić information content (AvgIpc) is 3.60. The molecule has 1 saturated heterocycles. The second kappa shape index (κ2) is 12.0. The zero-order valence-corrected chi connectivity index (χ0v) is 24.3. The van der Waals surface area contributed by atoms with Crippen LogP contribution < -0.4 is 0 Å². The SMILES string of the molecule is CCC[CH2][Sn]([CH2]CCC)([CH2]CCC)[C@H]1C[C@@H]1N1C(=O)O[C@H](c2ccccc2)[C@@H]1c1ccccc1. The third-order valence-corrected chi connectivity index (χ3v) is 26.1. The molecule has 1 amide bonds. The Labute approximate surface area is 211 Å². The van der Waals surface area contributed by atoms with Crippen LogP contribution in [0.3, 0.4) is 0 Å². The van der Waals surface area contributed by atoms with Crippen LogP contribution in [0.5, 0.6) is 0 Å². The van der Waals surface area contributed by atoms with Gasteiger partial charge >= 0.3 is 212 Å². The molecule has 2 fully saturated rings. The molecular weight excluding hydrogens is 525 g/mol. The molecule has 2 aliphatic rings. The van der Waals surface area contributed by atoms with Crippen LogP contribution in [0.1, 0.15) is 89.0 Å². The fourth-order valence-electron chi connectivity index (χ4n) is 6.38. The third-order valence-electron chi connectivity index (χ3n) is 8.28. The minimum absolute atomic E-state index is 0.0291. The quantitative estimate of drug-likeness (QED) is 0.226. The van der Waals surface area contributed by atoms with Gasteiger partial charge in [-0.3, -0.25) is 0 Å². The summed E-state index contributed by atoms with van der Waals surface area (Å²) < 4.78 is 11.5. The second-order valence-corrected chi connectivity index (χ2v) is 24.7. The van der Waals surface area contributed by atoms with Crippen molar-refractivity contribution in [1.82, 2.24) is 4.90 Å². The number of cyclic esters (lactones) is 1. The molecular formula is C30H43NO2Sn. The Morgan fingerprint density at radius 2 is 1.29 bits per heavy atom. The first kappa shape index (κ1) is 25.6. The number of amides is 1. The molecule has 3 nitrogen and oxygen atoms in total. The summed E-state index contributed by atoms with van der Waals surface area (Å²) >= 11 is -2.40. The summed E-state index contributed by atoms with van der Waals surface area (Å²) in [7, 11) is 0. The van der Waals surface area contributed by atoms with Crippen LogP contribution >= 0.6 is 0 Å². The minimum atomic E-state index is -2.40. The fraction of sp³-hybridized carbons (Fsp3) is 0.567. The van der Waals surface area contributed by atoms with Gasteiger partial charge in [-0.15, -0.1) is 0 Å². The summed E-state index contributed by atoms with van der Waals surface area (Å²) in [5, 5.41) is 0. The van der Waals surface area contributed by atoms with E-state index in [0.29, 0.717) is 6.04 Å². The molecule has 4 atom stereocenters. The van der Waals surface area contributed by atoms with Crippen molar-refractivity contribution in [1.29, 1.82) is 0 Å². The van der Waals surface area contributed by atoms with Crippen LogP contribution in [0.4, 0.5) is 4.79 Å². The van der Waals surface area contributed by atoms with E-state index in [2.05, 4.69) is 80.3 Å². The Morgan fingerprint density at radius 3 is 1.79 bits per heavy atom. The number of benzene rings is 2. The summed E-state index contributed by atoms with van der Waals surface area (Å²) in [6.45, 7) is 7.02. The van der Waals surface area contributed by atoms with Gasteiger partial charge < -0.3 is 0 Å². The number of hydrogen-bond acceptors (Lipinski definition) is 2. The van der Waals surface area contributed by atoms with Crippen molar-refractivity contribution in [3.05, 3.63) is 71.8 Å². The van der Waals surface area contributed by atoms with E-state index in [0.717, 1.165) is 9.50 Å². The first-order chi connectivity index (χ1) is 16.6. The molecule has 4 rings (SSSR count). The zero-order valence-electron chi connectivity index (χ0n) is 21.4. The Morgan fingerprint density at radius 1 is 0.794 bits per heavy atom. The van der Waals surface area contributed by atoms with Crippen molar-refractivity contribution in [2.75, 3.05) is 0 Å². The molecule has 2 aromatic rings. The predicted molar refractivity (Wildman–Crippen MR) is 144 cm³/mol. The van der Waals surface area contributed by atoms with Gasteiger partial charge in [-0.25, -0.2) is 0 Å². The number of nitrogens with zero attached hydrogens (tertiary/aromatic N) is 1. The first-order valence-corrected chi connectivity index (χ1v) is 21.4. The Kier molecular flexibility index (Phi) is 9.01. The van der Waals surface area contributed by atoms with Crippen molar-refractivity contribution >= 4 is 24.5 Å². The topological polar surface area (TPSA) is 29.5 Å². The van der Waals surface area contributed by atoms with E-state index in [9.17, 15) is 4.79 Å². The summed E-state index contributed by atoms with van der Waals surface area (Å²) in [6.07, 6.45) is 8.91. The van der Waals surface area contributed by atoms with Gasteiger partial charge in [0.05, 0.1) is 0 Å². The van der Waals surface area contributed by atoms with Crippen LogP contribution in [0, 0.1) is 0 Å². The summed E-state index contributed by atoms with van der Waals surface area (Å²) in [4.78, 5) is 15.7. The van der Waals surface area contributed by atoms with E-state index in [4.69, 9.17) is 4.74 Å². The molecule has 0 aromatic heterocycles.